The van der Waals surface area contributed by atoms with Gasteiger partial charge in [-0.05, 0) is 41.0 Å². The number of hydrogen-bond acceptors (Lipinski definition) is 5. The molecule has 0 unspecified atom stereocenters. The van der Waals surface area contributed by atoms with Gasteiger partial charge in [0.1, 0.15) is 0 Å². The van der Waals surface area contributed by atoms with Crippen molar-refractivity contribution >= 4 is 21.6 Å². The molecule has 2 aromatic carbocycles. The molecule has 0 saturated carbocycles. The van der Waals surface area contributed by atoms with Gasteiger partial charge in [-0.1, -0.05) is 18.2 Å². The number of hydrogen-bond donors (Lipinski definition) is 1. The van der Waals surface area contributed by atoms with Crippen molar-refractivity contribution in [2.45, 2.75) is 11.3 Å². The maximum Gasteiger partial charge on any atom is 0.334 e. The van der Waals surface area contributed by atoms with E-state index in [9.17, 15) is 17.6 Å². The number of halogens is 1. The van der Waals surface area contributed by atoms with Crippen LogP contribution in [0.25, 0.3) is 5.57 Å². The summed E-state index contributed by atoms with van der Waals surface area (Å²) in [6.07, 6.45) is 0.374. The molecule has 3 rings (SSSR count). The van der Waals surface area contributed by atoms with Crippen molar-refractivity contribution in [3.8, 4) is 5.75 Å². The minimum atomic E-state index is -3.84. The topological polar surface area (TPSA) is 95.7 Å². The van der Waals surface area contributed by atoms with E-state index in [-0.39, 0.29) is 17.3 Å². The molecule has 1 heterocycles. The molecule has 2 aromatic rings. The number of nitrogens with two attached hydrogens (primary N) is 1. The Labute approximate surface area is 150 Å². The fraction of sp³-hybridized carbons (Fsp3) is 0.167. The Hall–Kier alpha value is -2.71. The van der Waals surface area contributed by atoms with Crippen LogP contribution < -0.4 is 9.88 Å². The van der Waals surface area contributed by atoms with Gasteiger partial charge in [0.15, 0.2) is 11.6 Å². The molecular formula is C18H16FNO5S. The Bertz CT molecular complexity index is 997. The molecule has 8 heteroatoms. The number of carbonyl (C=O) groups excluding carboxylic acids is 1. The second kappa shape index (κ2) is 6.89. The van der Waals surface area contributed by atoms with Crippen LogP contribution in [0.3, 0.4) is 0 Å². The molecule has 2 N–H and O–H groups in total. The van der Waals surface area contributed by atoms with Crippen LogP contribution in [0.4, 0.5) is 4.39 Å². The summed E-state index contributed by atoms with van der Waals surface area (Å²) in [5.74, 6) is -0.973. The number of rotatable bonds is 4. The van der Waals surface area contributed by atoms with Crippen LogP contribution in [0.15, 0.2) is 52.9 Å². The first-order valence-electron chi connectivity index (χ1n) is 7.68. The van der Waals surface area contributed by atoms with E-state index in [0.717, 1.165) is 0 Å². The summed E-state index contributed by atoms with van der Waals surface area (Å²) >= 11 is 0. The highest BCUT2D eigenvalue weighted by Gasteiger charge is 2.25. The lowest BCUT2D eigenvalue weighted by atomic mass is 9.92. The Morgan fingerprint density at radius 1 is 1.15 bits per heavy atom. The number of ether oxygens (including phenoxy) is 2. The van der Waals surface area contributed by atoms with Crippen molar-refractivity contribution in [2.24, 2.45) is 5.14 Å². The molecule has 1 fully saturated rings. The molecule has 1 aliphatic heterocycles. The Kier molecular flexibility index (Phi) is 4.80. The molecule has 0 amide bonds. The van der Waals surface area contributed by atoms with Crippen molar-refractivity contribution in [3.63, 3.8) is 0 Å². The van der Waals surface area contributed by atoms with Gasteiger partial charge in [0.05, 0.1) is 18.6 Å². The average Bonchev–Trinajstić information content (AvgIpc) is 3.01. The normalized spacial score (nSPS) is 16.3. The van der Waals surface area contributed by atoms with Crippen LogP contribution in [0.2, 0.25) is 0 Å². The number of methoxy groups -OCH3 is 1. The first-order valence-corrected chi connectivity index (χ1v) is 9.23. The number of carbonyl (C=O) groups is 1. The summed E-state index contributed by atoms with van der Waals surface area (Å²) in [7, 11) is -2.48. The van der Waals surface area contributed by atoms with E-state index in [0.29, 0.717) is 28.7 Å². The number of cyclic esters (lactones) is 1. The molecule has 1 aliphatic rings. The molecule has 0 atom stereocenters. The van der Waals surface area contributed by atoms with E-state index in [4.69, 9.17) is 14.6 Å². The van der Waals surface area contributed by atoms with Crippen molar-refractivity contribution in [3.05, 3.63) is 65.0 Å². The van der Waals surface area contributed by atoms with Crippen LogP contribution in [-0.4, -0.2) is 28.1 Å². The number of sulfonamides is 1. The van der Waals surface area contributed by atoms with Gasteiger partial charge < -0.3 is 9.47 Å². The van der Waals surface area contributed by atoms with Crippen molar-refractivity contribution in [1.29, 1.82) is 0 Å². The van der Waals surface area contributed by atoms with E-state index < -0.39 is 21.8 Å². The number of esters is 1. The predicted octanol–water partition coefficient (Wildman–Crippen LogP) is 2.23. The molecule has 0 radical (unpaired) electrons. The first-order chi connectivity index (χ1) is 12.3. The smallest absolute Gasteiger partial charge is 0.334 e. The van der Waals surface area contributed by atoms with Crippen LogP contribution in [0, 0.1) is 5.82 Å². The van der Waals surface area contributed by atoms with Crippen molar-refractivity contribution in [2.75, 3.05) is 13.7 Å². The molecule has 6 nitrogen and oxygen atoms in total. The van der Waals surface area contributed by atoms with Crippen molar-refractivity contribution < 1.29 is 27.1 Å². The molecule has 0 aromatic heterocycles. The van der Waals surface area contributed by atoms with Gasteiger partial charge >= 0.3 is 5.97 Å². The van der Waals surface area contributed by atoms with Gasteiger partial charge in [0.2, 0.25) is 10.0 Å². The third-order valence-corrected chi connectivity index (χ3v) is 4.97. The first kappa shape index (κ1) is 18.1. The van der Waals surface area contributed by atoms with Gasteiger partial charge in [-0.2, -0.15) is 0 Å². The van der Waals surface area contributed by atoms with Crippen LogP contribution in [-0.2, 0) is 19.6 Å². The fourth-order valence-corrected chi connectivity index (χ4v) is 3.33. The third-order valence-electron chi connectivity index (χ3n) is 4.05. The minimum absolute atomic E-state index is 0.0551. The highest BCUT2D eigenvalue weighted by Crippen LogP contribution is 2.34. The average molecular weight is 377 g/mol. The molecule has 136 valence electrons. The summed E-state index contributed by atoms with van der Waals surface area (Å²) in [4.78, 5) is 12.0. The highest BCUT2D eigenvalue weighted by molar-refractivity contribution is 7.89. The third kappa shape index (κ3) is 3.47. The molecule has 26 heavy (non-hydrogen) atoms. The molecule has 0 spiro atoms. The summed E-state index contributed by atoms with van der Waals surface area (Å²) in [6, 6.07) is 10.1. The van der Waals surface area contributed by atoms with E-state index in [1.807, 2.05) is 0 Å². The summed E-state index contributed by atoms with van der Waals surface area (Å²) in [5.41, 5.74) is 1.89. The van der Waals surface area contributed by atoms with E-state index >= 15 is 0 Å². The number of primary sulfonamides is 1. The Morgan fingerprint density at radius 3 is 2.31 bits per heavy atom. The molecule has 0 bridgehead atoms. The zero-order valence-corrected chi connectivity index (χ0v) is 14.7. The zero-order valence-electron chi connectivity index (χ0n) is 13.9. The highest BCUT2D eigenvalue weighted by atomic mass is 32.2. The monoisotopic (exact) mass is 377 g/mol. The Morgan fingerprint density at radius 2 is 1.81 bits per heavy atom. The minimum Gasteiger partial charge on any atom is -0.494 e. The fourth-order valence-electron chi connectivity index (χ4n) is 2.81. The Balaban J connectivity index is 2.17. The lowest BCUT2D eigenvalue weighted by molar-refractivity contribution is -0.135. The lowest BCUT2D eigenvalue weighted by Gasteiger charge is -2.13. The van der Waals surface area contributed by atoms with Crippen LogP contribution >= 0.6 is 0 Å². The summed E-state index contributed by atoms with van der Waals surface area (Å²) in [5, 5.41) is 5.11. The van der Waals surface area contributed by atoms with E-state index in [2.05, 4.69) is 0 Å². The standard InChI is InChI=1S/C18H16FNO5S/c1-24-16-7-4-12(10-15(16)19)17(14-8-9-25-18(14)21)11-2-5-13(6-3-11)26(20,22)23/h2-7,10H,8-9H2,1H3,(H2,20,22,23)/b17-14-. The molecule has 1 saturated heterocycles. The maximum absolute atomic E-state index is 14.2. The maximum atomic E-state index is 14.2. The van der Waals surface area contributed by atoms with E-state index in [1.54, 1.807) is 6.07 Å². The summed E-state index contributed by atoms with van der Waals surface area (Å²) in [6.45, 7) is 0.242. The molecular weight excluding hydrogens is 361 g/mol. The number of benzene rings is 2. The quantitative estimate of drug-likeness (QED) is 0.651. The molecule has 0 aliphatic carbocycles. The zero-order chi connectivity index (χ0) is 18.9. The second-order valence-electron chi connectivity index (χ2n) is 5.66. The predicted molar refractivity (Wildman–Crippen MR) is 92.4 cm³/mol. The van der Waals surface area contributed by atoms with Gasteiger partial charge in [-0.3, -0.25) is 0 Å². The van der Waals surface area contributed by atoms with E-state index in [1.165, 1.54) is 43.5 Å². The van der Waals surface area contributed by atoms with Gasteiger partial charge in [0.25, 0.3) is 0 Å². The van der Waals surface area contributed by atoms with Crippen LogP contribution in [0.1, 0.15) is 17.5 Å². The largest absolute Gasteiger partial charge is 0.494 e. The lowest BCUT2D eigenvalue weighted by Crippen LogP contribution is -2.12. The summed E-state index contributed by atoms with van der Waals surface area (Å²) < 4.78 is 47.0. The van der Waals surface area contributed by atoms with Gasteiger partial charge in [0, 0.05) is 12.0 Å². The van der Waals surface area contributed by atoms with Crippen LogP contribution in [0.5, 0.6) is 5.75 Å². The SMILES string of the molecule is COc1ccc(/C(=C2/CCOC2=O)c2ccc(S(N)(=O)=O)cc2)cc1F. The second-order valence-corrected chi connectivity index (χ2v) is 7.22. The van der Waals surface area contributed by atoms with Gasteiger partial charge in [-0.15, -0.1) is 0 Å². The van der Waals surface area contributed by atoms with Gasteiger partial charge in [-0.25, -0.2) is 22.7 Å². The van der Waals surface area contributed by atoms with Crippen molar-refractivity contribution in [1.82, 2.24) is 0 Å².